The summed E-state index contributed by atoms with van der Waals surface area (Å²) in [4.78, 5) is 14.5. The first-order chi connectivity index (χ1) is 17.5. The van der Waals surface area contributed by atoms with Crippen molar-refractivity contribution >= 4 is 5.97 Å². The summed E-state index contributed by atoms with van der Waals surface area (Å²) in [6, 6.07) is 34.5. The highest BCUT2D eigenvalue weighted by Crippen LogP contribution is 2.37. The summed E-state index contributed by atoms with van der Waals surface area (Å²) in [5.74, 6) is -0.0206. The van der Waals surface area contributed by atoms with E-state index in [4.69, 9.17) is 4.74 Å². The van der Waals surface area contributed by atoms with E-state index in [2.05, 4.69) is 61.2 Å². The molecule has 4 heteroatoms. The number of benzene rings is 4. The van der Waals surface area contributed by atoms with Crippen LogP contribution in [-0.2, 0) is 11.3 Å². The van der Waals surface area contributed by atoms with Crippen molar-refractivity contribution < 1.29 is 14.6 Å². The van der Waals surface area contributed by atoms with Crippen molar-refractivity contribution in [3.05, 3.63) is 125 Å². The third-order valence-electron chi connectivity index (χ3n) is 6.78. The Labute approximate surface area is 213 Å². The van der Waals surface area contributed by atoms with E-state index in [9.17, 15) is 9.90 Å². The number of nitrogens with zero attached hydrogens (tertiary/aromatic N) is 1. The second-order valence-corrected chi connectivity index (χ2v) is 9.16. The van der Waals surface area contributed by atoms with Crippen molar-refractivity contribution in [2.45, 2.75) is 38.9 Å². The lowest BCUT2D eigenvalue weighted by Gasteiger charge is -2.37. The van der Waals surface area contributed by atoms with Crippen LogP contribution in [-0.4, -0.2) is 23.1 Å². The van der Waals surface area contributed by atoms with Crippen molar-refractivity contribution in [1.82, 2.24) is 4.90 Å². The van der Waals surface area contributed by atoms with E-state index in [1.54, 1.807) is 7.11 Å². The molecule has 0 aromatic heterocycles. The Morgan fingerprint density at radius 2 is 1.53 bits per heavy atom. The number of carboxylic acids is 1. The predicted octanol–water partition coefficient (Wildman–Crippen LogP) is 7.45. The zero-order chi connectivity index (χ0) is 25.5. The molecule has 0 aliphatic rings. The molecule has 4 aromatic carbocycles. The van der Waals surface area contributed by atoms with E-state index in [1.165, 1.54) is 0 Å². The first-order valence-corrected chi connectivity index (χ1v) is 12.3. The molecular weight excluding hydrogens is 446 g/mol. The number of methoxy groups -OCH3 is 1. The molecule has 0 radical (unpaired) electrons. The smallest absolute Gasteiger partial charge is 0.305 e. The van der Waals surface area contributed by atoms with Crippen LogP contribution in [0.2, 0.25) is 0 Å². The third kappa shape index (κ3) is 6.02. The lowest BCUT2D eigenvalue weighted by atomic mass is 9.93. The standard InChI is InChI=1S/C32H33NO3/c1-23-17-18-29(36-3)20-30(23)27-15-10-16-28(19-27)31(21-32(34)35)33(22-25-11-6-4-7-12-25)24(2)26-13-8-5-9-14-26/h4-20,24,31H,21-22H2,1-3H3,(H,34,35). The van der Waals surface area contributed by atoms with Crippen LogP contribution < -0.4 is 4.74 Å². The van der Waals surface area contributed by atoms with Gasteiger partial charge in [0, 0.05) is 18.6 Å². The fourth-order valence-corrected chi connectivity index (χ4v) is 4.78. The van der Waals surface area contributed by atoms with Gasteiger partial charge in [-0.25, -0.2) is 0 Å². The highest BCUT2D eigenvalue weighted by Gasteiger charge is 2.28. The van der Waals surface area contributed by atoms with Crippen LogP contribution in [0.5, 0.6) is 5.75 Å². The van der Waals surface area contributed by atoms with Gasteiger partial charge in [0.15, 0.2) is 0 Å². The maximum atomic E-state index is 12.1. The van der Waals surface area contributed by atoms with E-state index in [-0.39, 0.29) is 18.5 Å². The summed E-state index contributed by atoms with van der Waals surface area (Å²) in [6.07, 6.45) is 0.00452. The van der Waals surface area contributed by atoms with E-state index in [0.29, 0.717) is 6.54 Å². The van der Waals surface area contributed by atoms with Gasteiger partial charge in [-0.05, 0) is 65.4 Å². The van der Waals surface area contributed by atoms with Gasteiger partial charge in [-0.15, -0.1) is 0 Å². The van der Waals surface area contributed by atoms with Gasteiger partial charge in [0.25, 0.3) is 0 Å². The van der Waals surface area contributed by atoms with Gasteiger partial charge in [0.2, 0.25) is 0 Å². The van der Waals surface area contributed by atoms with Crippen molar-refractivity contribution in [2.75, 3.05) is 7.11 Å². The lowest BCUT2D eigenvalue weighted by Crippen LogP contribution is -2.32. The van der Waals surface area contributed by atoms with Gasteiger partial charge < -0.3 is 9.84 Å². The minimum absolute atomic E-state index is 0.00452. The van der Waals surface area contributed by atoms with E-state index >= 15 is 0 Å². The lowest BCUT2D eigenvalue weighted by molar-refractivity contribution is -0.138. The number of aryl methyl sites for hydroxylation is 1. The quantitative estimate of drug-likeness (QED) is 0.257. The van der Waals surface area contributed by atoms with E-state index in [0.717, 1.165) is 39.1 Å². The Morgan fingerprint density at radius 3 is 2.19 bits per heavy atom. The van der Waals surface area contributed by atoms with Gasteiger partial charge >= 0.3 is 5.97 Å². The molecular formula is C32H33NO3. The van der Waals surface area contributed by atoms with Crippen LogP contribution in [0.15, 0.2) is 103 Å². The van der Waals surface area contributed by atoms with Gasteiger partial charge in [0.1, 0.15) is 5.75 Å². The number of carboxylic acid groups (broad SMARTS) is 1. The molecule has 0 bridgehead atoms. The summed E-state index contributed by atoms with van der Waals surface area (Å²) in [5.41, 5.74) is 6.55. The molecule has 0 amide bonds. The SMILES string of the molecule is COc1ccc(C)c(-c2cccc(C(CC(=O)O)N(Cc3ccccc3)C(C)c3ccccc3)c2)c1. The van der Waals surface area contributed by atoms with Crippen molar-refractivity contribution in [3.8, 4) is 16.9 Å². The second-order valence-electron chi connectivity index (χ2n) is 9.16. The van der Waals surface area contributed by atoms with Gasteiger partial charge in [-0.1, -0.05) is 84.9 Å². The average molecular weight is 480 g/mol. The van der Waals surface area contributed by atoms with Crippen LogP contribution in [0.4, 0.5) is 0 Å². The summed E-state index contributed by atoms with van der Waals surface area (Å²) in [6.45, 7) is 4.87. The molecule has 2 unspecified atom stereocenters. The van der Waals surface area contributed by atoms with E-state index in [1.807, 2.05) is 60.7 Å². The first-order valence-electron chi connectivity index (χ1n) is 12.3. The fraction of sp³-hybridized carbons (Fsp3) is 0.219. The zero-order valence-electron chi connectivity index (χ0n) is 21.1. The highest BCUT2D eigenvalue weighted by atomic mass is 16.5. The van der Waals surface area contributed by atoms with Crippen LogP contribution in [0, 0.1) is 6.92 Å². The number of hydrogen-bond donors (Lipinski definition) is 1. The van der Waals surface area contributed by atoms with Gasteiger partial charge in [-0.2, -0.15) is 0 Å². The Bertz CT molecular complexity index is 1290. The maximum absolute atomic E-state index is 12.1. The monoisotopic (exact) mass is 479 g/mol. The molecule has 2 atom stereocenters. The Morgan fingerprint density at radius 1 is 0.861 bits per heavy atom. The van der Waals surface area contributed by atoms with Crippen LogP contribution in [0.3, 0.4) is 0 Å². The summed E-state index contributed by atoms with van der Waals surface area (Å²) in [7, 11) is 1.67. The Kier molecular flexibility index (Phi) is 8.19. The molecule has 4 nitrogen and oxygen atoms in total. The maximum Gasteiger partial charge on any atom is 0.305 e. The zero-order valence-corrected chi connectivity index (χ0v) is 21.1. The molecule has 4 aromatic rings. The minimum Gasteiger partial charge on any atom is -0.497 e. The molecule has 184 valence electrons. The molecule has 0 aliphatic heterocycles. The summed E-state index contributed by atoms with van der Waals surface area (Å²) < 4.78 is 5.46. The van der Waals surface area contributed by atoms with Crippen molar-refractivity contribution in [3.63, 3.8) is 0 Å². The molecule has 36 heavy (non-hydrogen) atoms. The number of aliphatic carboxylic acids is 1. The van der Waals surface area contributed by atoms with Gasteiger partial charge in [0.05, 0.1) is 13.5 Å². The third-order valence-corrected chi connectivity index (χ3v) is 6.78. The molecule has 0 aliphatic carbocycles. The molecule has 0 heterocycles. The molecule has 4 rings (SSSR count). The topological polar surface area (TPSA) is 49.8 Å². The normalized spacial score (nSPS) is 12.8. The van der Waals surface area contributed by atoms with E-state index < -0.39 is 5.97 Å². The second kappa shape index (κ2) is 11.7. The summed E-state index contributed by atoms with van der Waals surface area (Å²) in [5, 5.41) is 9.97. The Balaban J connectivity index is 1.80. The predicted molar refractivity (Wildman–Crippen MR) is 145 cm³/mol. The minimum atomic E-state index is -0.818. The van der Waals surface area contributed by atoms with Crippen molar-refractivity contribution in [2.24, 2.45) is 0 Å². The Hall–Kier alpha value is -3.89. The molecule has 1 N–H and O–H groups in total. The van der Waals surface area contributed by atoms with Gasteiger partial charge in [-0.3, -0.25) is 9.69 Å². The molecule has 0 saturated heterocycles. The number of hydrogen-bond acceptors (Lipinski definition) is 3. The summed E-state index contributed by atoms with van der Waals surface area (Å²) >= 11 is 0. The van der Waals surface area contributed by atoms with Crippen LogP contribution >= 0.6 is 0 Å². The first kappa shape index (κ1) is 25.2. The fourth-order valence-electron chi connectivity index (χ4n) is 4.78. The molecule has 0 fully saturated rings. The number of rotatable bonds is 10. The highest BCUT2D eigenvalue weighted by molar-refractivity contribution is 5.71. The van der Waals surface area contributed by atoms with Crippen molar-refractivity contribution in [1.29, 1.82) is 0 Å². The largest absolute Gasteiger partial charge is 0.497 e. The number of carbonyl (C=O) groups is 1. The van der Waals surface area contributed by atoms with Crippen LogP contribution in [0.25, 0.3) is 11.1 Å². The average Bonchev–Trinajstić information content (AvgIpc) is 2.91. The molecule has 0 saturated carbocycles. The van der Waals surface area contributed by atoms with Crippen LogP contribution in [0.1, 0.15) is 47.7 Å². The molecule has 0 spiro atoms. The number of ether oxygens (including phenoxy) is 1.